The summed E-state index contributed by atoms with van der Waals surface area (Å²) in [4.78, 5) is 21.8. The lowest BCUT2D eigenvalue weighted by Crippen LogP contribution is -2.40. The van der Waals surface area contributed by atoms with Crippen LogP contribution in [-0.2, 0) is 18.3 Å². The first kappa shape index (κ1) is 20.4. The standard InChI is InChI=1S/C23H32N6O/c1-3-24-23(28-13-10-19(17-28)20-15-26-27(2)16-20)25-12-6-9-22(30)29-14-11-18-7-4-5-8-21(18)29/h4-5,7-8,15-16,19H,3,6,9-14,17H2,1-2H3,(H,24,25). The van der Waals surface area contributed by atoms with Gasteiger partial charge in [-0.1, -0.05) is 18.2 Å². The van der Waals surface area contributed by atoms with Gasteiger partial charge in [0.05, 0.1) is 6.20 Å². The lowest BCUT2D eigenvalue weighted by Gasteiger charge is -2.21. The number of amides is 1. The summed E-state index contributed by atoms with van der Waals surface area (Å²) in [6.07, 6.45) is 7.46. The minimum atomic E-state index is 0.206. The number of guanidine groups is 1. The number of aliphatic imine (C=N–C) groups is 1. The molecular weight excluding hydrogens is 376 g/mol. The molecule has 160 valence electrons. The van der Waals surface area contributed by atoms with Gasteiger partial charge in [0.2, 0.25) is 5.91 Å². The van der Waals surface area contributed by atoms with E-state index in [9.17, 15) is 4.79 Å². The number of para-hydroxylation sites is 1. The number of hydrogen-bond acceptors (Lipinski definition) is 3. The first-order chi connectivity index (χ1) is 14.7. The first-order valence-corrected chi connectivity index (χ1v) is 11.1. The third-order valence-electron chi connectivity index (χ3n) is 6.02. The van der Waals surface area contributed by atoms with E-state index >= 15 is 0 Å². The largest absolute Gasteiger partial charge is 0.357 e. The van der Waals surface area contributed by atoms with Crippen molar-refractivity contribution in [1.82, 2.24) is 20.0 Å². The molecule has 1 N–H and O–H groups in total. The molecule has 0 spiro atoms. The quantitative estimate of drug-likeness (QED) is 0.453. The molecule has 1 unspecified atom stereocenters. The average molecular weight is 409 g/mol. The third kappa shape index (κ3) is 4.50. The molecule has 1 fully saturated rings. The Kier molecular flexibility index (Phi) is 6.35. The summed E-state index contributed by atoms with van der Waals surface area (Å²) in [5.74, 6) is 1.67. The Morgan fingerprint density at radius 1 is 1.30 bits per heavy atom. The fourth-order valence-electron chi connectivity index (χ4n) is 4.45. The molecule has 1 amide bonds. The summed E-state index contributed by atoms with van der Waals surface area (Å²) in [6.45, 7) is 6.36. The number of likely N-dealkylation sites (tertiary alicyclic amines) is 1. The van der Waals surface area contributed by atoms with Gasteiger partial charge in [-0.05, 0) is 43.4 Å². The number of fused-ring (bicyclic) bond motifs is 1. The molecule has 1 aromatic heterocycles. The van der Waals surface area contributed by atoms with Gasteiger partial charge in [0.1, 0.15) is 0 Å². The van der Waals surface area contributed by atoms with Gasteiger partial charge in [0.15, 0.2) is 5.96 Å². The molecule has 4 rings (SSSR count). The number of nitrogens with zero attached hydrogens (tertiary/aromatic N) is 5. The Labute approximate surface area is 178 Å². The number of anilines is 1. The van der Waals surface area contributed by atoms with Gasteiger partial charge in [0.25, 0.3) is 0 Å². The van der Waals surface area contributed by atoms with Crippen molar-refractivity contribution in [2.24, 2.45) is 12.0 Å². The van der Waals surface area contributed by atoms with Crippen LogP contribution in [0.1, 0.15) is 43.2 Å². The predicted octanol–water partition coefficient (Wildman–Crippen LogP) is 2.54. The maximum atomic E-state index is 12.7. The molecule has 3 heterocycles. The second-order valence-corrected chi connectivity index (χ2v) is 8.14. The van der Waals surface area contributed by atoms with Crippen LogP contribution in [0.2, 0.25) is 0 Å². The summed E-state index contributed by atoms with van der Waals surface area (Å²) in [5, 5.41) is 7.73. The SMILES string of the molecule is CCNC(=NCCCC(=O)N1CCc2ccccc21)N1CCC(c2cnn(C)c2)C1. The number of nitrogens with one attached hydrogen (secondary N) is 1. The molecule has 1 aromatic carbocycles. The Balaban J connectivity index is 1.29. The molecule has 30 heavy (non-hydrogen) atoms. The zero-order valence-electron chi connectivity index (χ0n) is 18.0. The van der Waals surface area contributed by atoms with Gasteiger partial charge < -0.3 is 15.1 Å². The van der Waals surface area contributed by atoms with E-state index in [1.807, 2.05) is 41.0 Å². The summed E-state index contributed by atoms with van der Waals surface area (Å²) >= 11 is 0. The predicted molar refractivity (Wildman–Crippen MR) is 120 cm³/mol. The van der Waals surface area contributed by atoms with Crippen LogP contribution in [0.15, 0.2) is 41.7 Å². The smallest absolute Gasteiger partial charge is 0.227 e. The molecule has 2 aromatic rings. The molecule has 0 radical (unpaired) electrons. The van der Waals surface area contributed by atoms with Gasteiger partial charge in [-0.2, -0.15) is 5.10 Å². The van der Waals surface area contributed by atoms with Crippen LogP contribution in [0.4, 0.5) is 5.69 Å². The van der Waals surface area contributed by atoms with Crippen LogP contribution in [0.5, 0.6) is 0 Å². The van der Waals surface area contributed by atoms with Gasteiger partial charge >= 0.3 is 0 Å². The maximum Gasteiger partial charge on any atom is 0.227 e. The van der Waals surface area contributed by atoms with Crippen molar-refractivity contribution < 1.29 is 4.79 Å². The van der Waals surface area contributed by atoms with E-state index in [0.717, 1.165) is 57.1 Å². The molecule has 7 nitrogen and oxygen atoms in total. The molecule has 0 saturated carbocycles. The summed E-state index contributed by atoms with van der Waals surface area (Å²) in [6, 6.07) is 8.21. The Bertz CT molecular complexity index is 905. The van der Waals surface area contributed by atoms with Crippen molar-refractivity contribution in [1.29, 1.82) is 0 Å². The van der Waals surface area contributed by atoms with Crippen LogP contribution >= 0.6 is 0 Å². The molecule has 0 bridgehead atoms. The monoisotopic (exact) mass is 408 g/mol. The third-order valence-corrected chi connectivity index (χ3v) is 6.02. The van der Waals surface area contributed by atoms with Crippen LogP contribution in [-0.4, -0.2) is 59.3 Å². The summed E-state index contributed by atoms with van der Waals surface area (Å²) in [5.41, 5.74) is 3.65. The number of carbonyl (C=O) groups is 1. The van der Waals surface area contributed by atoms with Gasteiger partial charge in [-0.25, -0.2) is 0 Å². The Morgan fingerprint density at radius 2 is 2.17 bits per heavy atom. The second-order valence-electron chi connectivity index (χ2n) is 8.14. The fourth-order valence-corrected chi connectivity index (χ4v) is 4.45. The van der Waals surface area contributed by atoms with Crippen molar-refractivity contribution in [3.8, 4) is 0 Å². The first-order valence-electron chi connectivity index (χ1n) is 11.1. The summed E-state index contributed by atoms with van der Waals surface area (Å²) < 4.78 is 1.87. The molecular formula is C23H32N6O. The number of benzene rings is 1. The average Bonchev–Trinajstić information content (AvgIpc) is 3.49. The number of carbonyl (C=O) groups excluding carboxylic acids is 1. The van der Waals surface area contributed by atoms with Crippen LogP contribution < -0.4 is 10.2 Å². The summed E-state index contributed by atoms with van der Waals surface area (Å²) in [7, 11) is 1.96. The highest BCUT2D eigenvalue weighted by molar-refractivity contribution is 5.95. The molecule has 2 aliphatic rings. The van der Waals surface area contributed by atoms with E-state index in [-0.39, 0.29) is 5.91 Å². The van der Waals surface area contributed by atoms with Gasteiger partial charge in [0, 0.05) is 64.0 Å². The molecule has 1 atom stereocenters. The molecule has 2 aliphatic heterocycles. The normalized spacial score (nSPS) is 18.7. The lowest BCUT2D eigenvalue weighted by atomic mass is 10.0. The van der Waals surface area contributed by atoms with Crippen molar-refractivity contribution in [3.63, 3.8) is 0 Å². The zero-order chi connectivity index (χ0) is 20.9. The molecule has 0 aliphatic carbocycles. The number of rotatable bonds is 6. The lowest BCUT2D eigenvalue weighted by molar-refractivity contribution is -0.118. The number of aromatic nitrogens is 2. The second kappa shape index (κ2) is 9.32. The Hall–Kier alpha value is -2.83. The minimum absolute atomic E-state index is 0.206. The number of aryl methyl sites for hydroxylation is 1. The van der Waals surface area contributed by atoms with E-state index in [0.29, 0.717) is 18.9 Å². The maximum absolute atomic E-state index is 12.7. The van der Waals surface area contributed by atoms with E-state index in [2.05, 4.69) is 34.5 Å². The zero-order valence-corrected chi connectivity index (χ0v) is 18.0. The molecule has 1 saturated heterocycles. The van der Waals surface area contributed by atoms with Crippen molar-refractivity contribution in [2.75, 3.05) is 37.6 Å². The molecule has 7 heteroatoms. The highest BCUT2D eigenvalue weighted by Gasteiger charge is 2.27. The van der Waals surface area contributed by atoms with Gasteiger partial charge in [-0.3, -0.25) is 14.5 Å². The van der Waals surface area contributed by atoms with Crippen molar-refractivity contribution in [2.45, 2.75) is 38.5 Å². The van der Waals surface area contributed by atoms with E-state index in [1.165, 1.54) is 11.1 Å². The topological polar surface area (TPSA) is 65.8 Å². The van der Waals surface area contributed by atoms with Crippen molar-refractivity contribution in [3.05, 3.63) is 47.8 Å². The minimum Gasteiger partial charge on any atom is -0.357 e. The van der Waals surface area contributed by atoms with E-state index < -0.39 is 0 Å². The van der Waals surface area contributed by atoms with Crippen LogP contribution in [0.3, 0.4) is 0 Å². The highest BCUT2D eigenvalue weighted by Crippen LogP contribution is 2.28. The fraction of sp³-hybridized carbons (Fsp3) is 0.522. The van der Waals surface area contributed by atoms with Gasteiger partial charge in [-0.15, -0.1) is 0 Å². The Morgan fingerprint density at radius 3 is 2.97 bits per heavy atom. The van der Waals surface area contributed by atoms with Crippen LogP contribution in [0.25, 0.3) is 0 Å². The van der Waals surface area contributed by atoms with E-state index in [1.54, 1.807) is 0 Å². The van der Waals surface area contributed by atoms with Crippen LogP contribution in [0, 0.1) is 0 Å². The highest BCUT2D eigenvalue weighted by atomic mass is 16.2. The van der Waals surface area contributed by atoms with Crippen molar-refractivity contribution >= 4 is 17.6 Å². The van der Waals surface area contributed by atoms with E-state index in [4.69, 9.17) is 4.99 Å². The number of hydrogen-bond donors (Lipinski definition) is 1.